The molecule has 4 heterocycles. The molecule has 26 nitrogen and oxygen atoms in total. The number of nitrogens with zero attached hydrogens (tertiary/aromatic N) is 8. The molecule has 0 aliphatic heterocycles. The second-order valence-corrected chi connectivity index (χ2v) is 22.7. The van der Waals surface area contributed by atoms with Gasteiger partial charge in [0.25, 0.3) is 22.9 Å². The van der Waals surface area contributed by atoms with Crippen molar-refractivity contribution >= 4 is 23.6 Å². The predicted octanol–water partition coefficient (Wildman–Crippen LogP) is 7.40. The molecule has 8 aromatic rings. The van der Waals surface area contributed by atoms with Crippen molar-refractivity contribution in [1.29, 1.82) is 10.5 Å². The number of pyridine rings is 2. The van der Waals surface area contributed by atoms with Gasteiger partial charge in [-0.15, -0.1) is 0 Å². The Balaban J connectivity index is 0.602. The molecule has 32 heteroatoms. The highest BCUT2D eigenvalue weighted by molar-refractivity contribution is 5.96. The monoisotopic (exact) mass is 1450 g/mol. The van der Waals surface area contributed by atoms with Crippen LogP contribution in [0.2, 0.25) is 0 Å². The van der Waals surface area contributed by atoms with E-state index in [9.17, 15) is 65.6 Å². The van der Waals surface area contributed by atoms with Gasteiger partial charge in [-0.3, -0.25) is 37.9 Å². The smallest absolute Gasteiger partial charge is 0.377 e. The fourth-order valence-corrected chi connectivity index (χ4v) is 10.4. The number of hydrogen-bond acceptors (Lipinski definition) is 18. The SMILES string of the molecule is Cc1c(-c2ccnn2-c2ccc(C#N)cc2)cc(C(=O)NCCOCCOCCOCCOCCNC(=O)CCC(=O)NCCOCCOCCOCCOCCNC(=O)c2cc(-c3ccnn3-c3ccc(C#N)cc3)c(C)n(-c3cccc(C(F)(F)F)c3)c2=O)c(=O)n1-c1cccc(C(F)(F)F)c1. The molecule has 0 saturated carbocycles. The van der Waals surface area contributed by atoms with Gasteiger partial charge in [0.2, 0.25) is 11.8 Å². The van der Waals surface area contributed by atoms with Crippen LogP contribution in [0.5, 0.6) is 0 Å². The zero-order valence-corrected chi connectivity index (χ0v) is 56.8. The summed E-state index contributed by atoms with van der Waals surface area (Å²) in [4.78, 5) is 79.6. The van der Waals surface area contributed by atoms with Gasteiger partial charge >= 0.3 is 12.4 Å². The lowest BCUT2D eigenvalue weighted by Crippen LogP contribution is -2.35. The summed E-state index contributed by atoms with van der Waals surface area (Å²) in [5, 5.41) is 38.0. The summed E-state index contributed by atoms with van der Waals surface area (Å²) in [6, 6.07) is 31.6. The van der Waals surface area contributed by atoms with E-state index in [1.807, 2.05) is 12.1 Å². The Morgan fingerprint density at radius 2 is 0.721 bits per heavy atom. The average Bonchev–Trinajstić information content (AvgIpc) is 1.32. The number of rotatable bonds is 41. The van der Waals surface area contributed by atoms with E-state index in [1.54, 1.807) is 74.5 Å². The van der Waals surface area contributed by atoms with E-state index in [4.69, 9.17) is 37.9 Å². The van der Waals surface area contributed by atoms with Gasteiger partial charge in [-0.05, 0) is 123 Å². The van der Waals surface area contributed by atoms with Crippen molar-refractivity contribution in [2.75, 3.05) is 132 Å². The van der Waals surface area contributed by atoms with E-state index in [0.29, 0.717) is 45.0 Å². The van der Waals surface area contributed by atoms with Crippen LogP contribution < -0.4 is 32.4 Å². The maximum absolute atomic E-state index is 14.0. The first-order valence-electron chi connectivity index (χ1n) is 32.9. The van der Waals surface area contributed by atoms with Gasteiger partial charge in [0, 0.05) is 72.9 Å². The number of hydrogen-bond donors (Lipinski definition) is 4. The lowest BCUT2D eigenvalue weighted by molar-refractivity contribution is -0.138. The molecular weight excluding hydrogens is 1370 g/mol. The molecule has 0 fully saturated rings. The van der Waals surface area contributed by atoms with Crippen LogP contribution in [0, 0.1) is 36.5 Å². The molecule has 0 bridgehead atoms. The highest BCUT2D eigenvalue weighted by Crippen LogP contribution is 2.34. The van der Waals surface area contributed by atoms with Gasteiger partial charge in [-0.2, -0.15) is 47.1 Å². The number of carbonyl (C=O) groups excluding carboxylic acids is 4. The van der Waals surface area contributed by atoms with Gasteiger partial charge in [0.1, 0.15) is 11.1 Å². The number of aromatic nitrogens is 6. The second-order valence-electron chi connectivity index (χ2n) is 22.7. The van der Waals surface area contributed by atoms with Crippen LogP contribution in [0.1, 0.15) is 67.2 Å². The van der Waals surface area contributed by atoms with E-state index in [1.165, 1.54) is 58.2 Å². The molecule has 4 N–H and O–H groups in total. The van der Waals surface area contributed by atoms with Crippen molar-refractivity contribution in [3.63, 3.8) is 0 Å². The molecule has 104 heavy (non-hydrogen) atoms. The minimum atomic E-state index is -4.70. The summed E-state index contributed by atoms with van der Waals surface area (Å²) in [5.41, 5.74) is -0.590. The van der Waals surface area contributed by atoms with Crippen LogP contribution in [0.15, 0.2) is 143 Å². The van der Waals surface area contributed by atoms with E-state index in [-0.39, 0.29) is 190 Å². The molecule has 0 spiro atoms. The van der Waals surface area contributed by atoms with E-state index >= 15 is 0 Å². The van der Waals surface area contributed by atoms with Gasteiger partial charge in [0.05, 0.1) is 175 Å². The molecule has 0 aliphatic rings. The number of carbonyl (C=O) groups is 4. The molecule has 0 unspecified atom stereocenters. The Morgan fingerprint density at radius 3 is 1.03 bits per heavy atom. The fourth-order valence-electron chi connectivity index (χ4n) is 10.4. The molecule has 4 aromatic heterocycles. The zero-order valence-electron chi connectivity index (χ0n) is 56.8. The fraction of sp³-hybridized carbons (Fsp3) is 0.361. The van der Waals surface area contributed by atoms with Crippen LogP contribution in [0.3, 0.4) is 0 Å². The average molecular weight is 1450 g/mol. The van der Waals surface area contributed by atoms with Crippen molar-refractivity contribution in [1.82, 2.24) is 50.0 Å². The Hall–Kier alpha value is -10.7. The zero-order chi connectivity index (χ0) is 74.4. The first-order valence-corrected chi connectivity index (χ1v) is 32.9. The Kier molecular flexibility index (Phi) is 30.1. The third kappa shape index (κ3) is 22.9. The van der Waals surface area contributed by atoms with Gasteiger partial charge < -0.3 is 59.2 Å². The molecule has 0 aliphatic carbocycles. The molecular formula is C72H76F6N12O14. The first-order chi connectivity index (χ1) is 50.2. The number of alkyl halides is 6. The van der Waals surface area contributed by atoms with Gasteiger partial charge in [0.15, 0.2) is 0 Å². The van der Waals surface area contributed by atoms with E-state index in [2.05, 4.69) is 31.5 Å². The third-order valence-corrected chi connectivity index (χ3v) is 15.6. The number of ether oxygens (including phenoxy) is 8. The molecule has 4 amide bonds. The van der Waals surface area contributed by atoms with Crippen molar-refractivity contribution in [2.45, 2.75) is 39.0 Å². The minimum absolute atomic E-state index is 0.0120. The molecule has 4 aromatic carbocycles. The summed E-state index contributed by atoms with van der Waals surface area (Å²) < 4.78 is 132. The number of halogens is 6. The first kappa shape index (κ1) is 79.0. The second kappa shape index (κ2) is 39.7. The number of benzene rings is 4. The summed E-state index contributed by atoms with van der Waals surface area (Å²) in [6.07, 6.45) is -6.46. The highest BCUT2D eigenvalue weighted by atomic mass is 19.4. The number of nitrogens with one attached hydrogen (secondary N) is 4. The third-order valence-electron chi connectivity index (χ3n) is 15.6. The van der Waals surface area contributed by atoms with E-state index in [0.717, 1.165) is 33.4 Å². The van der Waals surface area contributed by atoms with Crippen molar-refractivity contribution in [3.05, 3.63) is 199 Å². The maximum Gasteiger partial charge on any atom is 0.416 e. The standard InChI is InChI=1S/C72H76F6N12O14/c1-49-59(63-19-21-85-89(63)55-13-9-51(47-79)10-14-55)45-61(69(95)87(49)57-7-3-5-53(43-57)71(73,74)75)67(93)83-25-29-99-33-37-103-41-39-101-35-31-97-27-23-81-65(91)17-18-66(92)82-24-28-98-32-36-102-40-42-104-38-34-100-30-26-84-68(94)62-46-60(64-20-22-86-90(64)56-15-11-52(48-80)12-16-56)50(2)88(70(62)96)58-8-4-6-54(44-58)72(76,77)78/h3-16,19-22,43-46H,17-18,23-42H2,1-2H3,(H,81,91)(H,82,92)(H,83,93)(H,84,94). The molecule has 0 atom stereocenters. The number of nitriles is 2. The number of amides is 4. The molecule has 8 rings (SSSR count). The largest absolute Gasteiger partial charge is 0.416 e. The van der Waals surface area contributed by atoms with Gasteiger partial charge in [-0.25, -0.2) is 9.36 Å². The normalized spacial score (nSPS) is 11.5. The van der Waals surface area contributed by atoms with E-state index < -0.39 is 46.4 Å². The summed E-state index contributed by atoms with van der Waals surface area (Å²) in [6.45, 7) is 6.90. The van der Waals surface area contributed by atoms with Gasteiger partial charge in [-0.1, -0.05) is 12.1 Å². The summed E-state index contributed by atoms with van der Waals surface area (Å²) in [5.74, 6) is -2.20. The molecule has 0 radical (unpaired) electrons. The predicted molar refractivity (Wildman–Crippen MR) is 365 cm³/mol. The topological polar surface area (TPSA) is 317 Å². The highest BCUT2D eigenvalue weighted by Gasteiger charge is 2.33. The van der Waals surface area contributed by atoms with Crippen LogP contribution in [-0.4, -0.2) is 184 Å². The minimum Gasteiger partial charge on any atom is -0.377 e. The Morgan fingerprint density at radius 1 is 0.413 bits per heavy atom. The van der Waals surface area contributed by atoms with Crippen molar-refractivity contribution < 1.29 is 83.4 Å². The lowest BCUT2D eigenvalue weighted by atomic mass is 10.0. The van der Waals surface area contributed by atoms with Crippen LogP contribution in [-0.2, 0) is 59.8 Å². The summed E-state index contributed by atoms with van der Waals surface area (Å²) >= 11 is 0. The maximum atomic E-state index is 14.0. The summed E-state index contributed by atoms with van der Waals surface area (Å²) in [7, 11) is 0. The van der Waals surface area contributed by atoms with Crippen LogP contribution in [0.25, 0.3) is 45.3 Å². The van der Waals surface area contributed by atoms with Crippen LogP contribution >= 0.6 is 0 Å². The Labute approximate surface area is 592 Å². The van der Waals surface area contributed by atoms with Crippen molar-refractivity contribution in [2.24, 2.45) is 0 Å². The Bertz CT molecular complexity index is 4110. The van der Waals surface area contributed by atoms with Crippen LogP contribution in [0.4, 0.5) is 26.3 Å². The molecule has 0 saturated heterocycles. The lowest BCUT2D eigenvalue weighted by Gasteiger charge is -2.19. The quantitative estimate of drug-likeness (QED) is 0.0214. The van der Waals surface area contributed by atoms with Crippen molar-refractivity contribution in [3.8, 4) is 57.4 Å². The molecule has 550 valence electrons.